The van der Waals surface area contributed by atoms with Gasteiger partial charge in [-0.25, -0.2) is 0 Å². The van der Waals surface area contributed by atoms with Crippen LogP contribution in [0.5, 0.6) is 5.75 Å². The molecule has 0 aliphatic carbocycles. The van der Waals surface area contributed by atoms with E-state index in [1.165, 1.54) is 0 Å². The molecule has 0 amide bonds. The molecule has 0 bridgehead atoms. The van der Waals surface area contributed by atoms with Gasteiger partial charge in [0.15, 0.2) is 0 Å². The normalized spacial score (nSPS) is 11.3. The summed E-state index contributed by atoms with van der Waals surface area (Å²) in [6, 6.07) is 17.5. The predicted octanol–water partition coefficient (Wildman–Crippen LogP) is 3.83. The van der Waals surface area contributed by atoms with Crippen LogP contribution in [0, 0.1) is 0 Å². The van der Waals surface area contributed by atoms with Gasteiger partial charge in [0.1, 0.15) is 17.5 Å². The lowest BCUT2D eigenvalue weighted by atomic mass is 10.1. The number of halogens is 1. The fraction of sp³-hybridized carbons (Fsp3) is 0.133. The van der Waals surface area contributed by atoms with Gasteiger partial charge in [-0.05, 0) is 23.3 Å². The fourth-order valence-electron chi connectivity index (χ4n) is 1.65. The summed E-state index contributed by atoms with van der Waals surface area (Å²) >= 11 is 5.65. The molecule has 0 saturated heterocycles. The van der Waals surface area contributed by atoms with E-state index in [0.717, 1.165) is 16.9 Å². The van der Waals surface area contributed by atoms with Crippen LogP contribution < -0.4 is 4.74 Å². The quantitative estimate of drug-likeness (QED) is 0.512. The smallest absolute Gasteiger partial charge is 0.149 e. The second-order valence-corrected chi connectivity index (χ2v) is 4.51. The molecule has 0 saturated carbocycles. The lowest BCUT2D eigenvalue weighted by molar-refractivity contribution is 0.306. The van der Waals surface area contributed by atoms with Gasteiger partial charge in [-0.2, -0.15) is 0 Å². The standard InChI is InChI=1S/C15H14ClNO2/c16-15(17-18)10-12-6-8-14(9-7-12)19-11-13-4-2-1-3-5-13/h1-9,18H,10-11H2/b17-15-. The van der Waals surface area contributed by atoms with Crippen molar-refractivity contribution in [2.75, 3.05) is 0 Å². The third-order valence-electron chi connectivity index (χ3n) is 2.63. The highest BCUT2D eigenvalue weighted by Gasteiger charge is 2.00. The Morgan fingerprint density at radius 3 is 2.32 bits per heavy atom. The molecular weight excluding hydrogens is 262 g/mol. The topological polar surface area (TPSA) is 41.8 Å². The van der Waals surface area contributed by atoms with Crippen molar-refractivity contribution < 1.29 is 9.94 Å². The van der Waals surface area contributed by atoms with Crippen molar-refractivity contribution in [3.05, 3.63) is 65.7 Å². The zero-order chi connectivity index (χ0) is 13.5. The zero-order valence-electron chi connectivity index (χ0n) is 10.3. The molecule has 0 radical (unpaired) electrons. The number of benzene rings is 2. The molecule has 2 rings (SSSR count). The van der Waals surface area contributed by atoms with Crippen molar-refractivity contribution in [2.45, 2.75) is 13.0 Å². The second kappa shape index (κ2) is 6.81. The molecule has 0 atom stereocenters. The number of nitrogens with zero attached hydrogens (tertiary/aromatic N) is 1. The highest BCUT2D eigenvalue weighted by atomic mass is 35.5. The van der Waals surface area contributed by atoms with E-state index in [-0.39, 0.29) is 5.17 Å². The number of oxime groups is 1. The van der Waals surface area contributed by atoms with Crippen LogP contribution in [0.15, 0.2) is 59.8 Å². The minimum atomic E-state index is 0.165. The van der Waals surface area contributed by atoms with Gasteiger partial charge in [0.05, 0.1) is 0 Å². The SMILES string of the molecule is O/N=C(\Cl)Cc1ccc(OCc2ccccc2)cc1. The van der Waals surface area contributed by atoms with Crippen molar-refractivity contribution in [1.29, 1.82) is 0 Å². The predicted molar refractivity (Wildman–Crippen MR) is 76.0 cm³/mol. The van der Waals surface area contributed by atoms with Crippen LogP contribution in [0.4, 0.5) is 0 Å². The van der Waals surface area contributed by atoms with Crippen LogP contribution >= 0.6 is 11.6 Å². The number of hydrogen-bond donors (Lipinski definition) is 1. The number of rotatable bonds is 5. The molecule has 0 aliphatic rings. The van der Waals surface area contributed by atoms with E-state index < -0.39 is 0 Å². The summed E-state index contributed by atoms with van der Waals surface area (Å²) in [5.74, 6) is 0.796. The molecule has 2 aromatic carbocycles. The summed E-state index contributed by atoms with van der Waals surface area (Å²) in [5.41, 5.74) is 2.09. The minimum absolute atomic E-state index is 0.165. The van der Waals surface area contributed by atoms with Gasteiger partial charge in [-0.1, -0.05) is 59.2 Å². The van der Waals surface area contributed by atoms with Gasteiger partial charge in [-0.15, -0.1) is 0 Å². The molecule has 0 fully saturated rings. The van der Waals surface area contributed by atoms with Gasteiger partial charge in [0, 0.05) is 6.42 Å². The average Bonchev–Trinajstić information content (AvgIpc) is 2.47. The van der Waals surface area contributed by atoms with Crippen LogP contribution in [0.3, 0.4) is 0 Å². The van der Waals surface area contributed by atoms with Gasteiger partial charge >= 0.3 is 0 Å². The Kier molecular flexibility index (Phi) is 4.81. The molecule has 0 heterocycles. The maximum absolute atomic E-state index is 8.49. The Bertz CT molecular complexity index is 538. The first kappa shape index (κ1) is 13.4. The van der Waals surface area contributed by atoms with E-state index in [0.29, 0.717) is 13.0 Å². The molecule has 2 aromatic rings. The monoisotopic (exact) mass is 275 g/mol. The molecule has 19 heavy (non-hydrogen) atoms. The summed E-state index contributed by atoms with van der Waals surface area (Å²) in [4.78, 5) is 0. The Morgan fingerprint density at radius 2 is 1.68 bits per heavy atom. The van der Waals surface area contributed by atoms with Gasteiger partial charge in [0.2, 0.25) is 0 Å². The lowest BCUT2D eigenvalue weighted by Gasteiger charge is -2.07. The summed E-state index contributed by atoms with van der Waals surface area (Å²) in [5, 5.41) is 11.6. The van der Waals surface area contributed by atoms with Crippen molar-refractivity contribution in [1.82, 2.24) is 0 Å². The average molecular weight is 276 g/mol. The van der Waals surface area contributed by atoms with E-state index in [4.69, 9.17) is 21.5 Å². The molecule has 4 heteroatoms. The molecular formula is C15H14ClNO2. The van der Waals surface area contributed by atoms with Gasteiger partial charge < -0.3 is 9.94 Å². The van der Waals surface area contributed by atoms with Crippen LogP contribution in [-0.2, 0) is 13.0 Å². The van der Waals surface area contributed by atoms with Crippen molar-refractivity contribution >= 4 is 16.8 Å². The highest BCUT2D eigenvalue weighted by Crippen LogP contribution is 2.15. The van der Waals surface area contributed by atoms with E-state index in [2.05, 4.69) is 5.16 Å². The van der Waals surface area contributed by atoms with Crippen LogP contribution in [0.1, 0.15) is 11.1 Å². The van der Waals surface area contributed by atoms with Crippen molar-refractivity contribution in [2.24, 2.45) is 5.16 Å². The largest absolute Gasteiger partial charge is 0.489 e. The minimum Gasteiger partial charge on any atom is -0.489 e. The second-order valence-electron chi connectivity index (χ2n) is 4.07. The molecule has 1 N–H and O–H groups in total. The van der Waals surface area contributed by atoms with Crippen LogP contribution in [0.2, 0.25) is 0 Å². The van der Waals surface area contributed by atoms with Crippen LogP contribution in [0.25, 0.3) is 0 Å². The number of hydrogen-bond acceptors (Lipinski definition) is 3. The first-order valence-electron chi connectivity index (χ1n) is 5.90. The van der Waals surface area contributed by atoms with Crippen molar-refractivity contribution in [3.8, 4) is 5.75 Å². The molecule has 0 spiro atoms. The lowest BCUT2D eigenvalue weighted by Crippen LogP contribution is -1.97. The van der Waals surface area contributed by atoms with E-state index in [1.807, 2.05) is 54.6 Å². The molecule has 0 aromatic heterocycles. The first-order chi connectivity index (χ1) is 9.28. The summed E-state index contributed by atoms with van der Waals surface area (Å²) in [7, 11) is 0. The Balaban J connectivity index is 1.92. The highest BCUT2D eigenvalue weighted by molar-refractivity contribution is 6.65. The number of ether oxygens (including phenoxy) is 1. The summed E-state index contributed by atoms with van der Waals surface area (Å²) in [6.45, 7) is 0.541. The third kappa shape index (κ3) is 4.30. The van der Waals surface area contributed by atoms with Gasteiger partial charge in [-0.3, -0.25) is 0 Å². The summed E-state index contributed by atoms with van der Waals surface area (Å²) < 4.78 is 5.67. The molecule has 0 aliphatic heterocycles. The Labute approximate surface area is 117 Å². The van der Waals surface area contributed by atoms with E-state index in [9.17, 15) is 0 Å². The summed E-state index contributed by atoms with van der Waals surface area (Å²) in [6.07, 6.45) is 0.414. The van der Waals surface area contributed by atoms with Crippen LogP contribution in [-0.4, -0.2) is 10.4 Å². The zero-order valence-corrected chi connectivity index (χ0v) is 11.0. The van der Waals surface area contributed by atoms with Crippen molar-refractivity contribution in [3.63, 3.8) is 0 Å². The fourth-order valence-corrected chi connectivity index (χ4v) is 1.80. The first-order valence-corrected chi connectivity index (χ1v) is 6.28. The van der Waals surface area contributed by atoms with E-state index >= 15 is 0 Å². The molecule has 3 nitrogen and oxygen atoms in total. The molecule has 0 unspecified atom stereocenters. The van der Waals surface area contributed by atoms with E-state index in [1.54, 1.807) is 0 Å². The third-order valence-corrected chi connectivity index (χ3v) is 2.84. The molecule has 98 valence electrons. The Hall–Kier alpha value is -2.00. The maximum Gasteiger partial charge on any atom is 0.149 e. The Morgan fingerprint density at radius 1 is 1.00 bits per heavy atom. The van der Waals surface area contributed by atoms with Gasteiger partial charge in [0.25, 0.3) is 0 Å². The maximum atomic E-state index is 8.49.